The predicted molar refractivity (Wildman–Crippen MR) is 100 cm³/mol. The first-order chi connectivity index (χ1) is 12.6. The van der Waals surface area contributed by atoms with Crippen LogP contribution in [0.1, 0.15) is 61.7 Å². The van der Waals surface area contributed by atoms with Gasteiger partial charge in [0, 0.05) is 18.7 Å². The largest absolute Gasteiger partial charge is 0.338 e. The molecule has 2 aliphatic rings. The minimum atomic E-state index is -0.697. The van der Waals surface area contributed by atoms with Crippen LogP contribution in [0.2, 0.25) is 0 Å². The molecule has 0 radical (unpaired) electrons. The molecule has 4 rings (SSSR count). The number of nitrogens with one attached hydrogen (secondary N) is 2. The lowest BCUT2D eigenvalue weighted by molar-refractivity contribution is 0.0465. The van der Waals surface area contributed by atoms with Crippen molar-refractivity contribution in [1.82, 2.24) is 14.9 Å². The topological polar surface area (TPSA) is 86.0 Å². The molecule has 2 aromatic rings. The van der Waals surface area contributed by atoms with Gasteiger partial charge < -0.3 is 14.9 Å². The van der Waals surface area contributed by atoms with Crippen molar-refractivity contribution in [2.45, 2.75) is 51.4 Å². The Kier molecular flexibility index (Phi) is 4.42. The number of piperidine rings is 1. The number of likely N-dealkylation sites (tertiary alicyclic amines) is 1. The lowest BCUT2D eigenvalue weighted by atomic mass is 9.74. The number of H-pyrrole nitrogens is 2. The van der Waals surface area contributed by atoms with Gasteiger partial charge in [0.05, 0.1) is 11.0 Å². The van der Waals surface area contributed by atoms with E-state index < -0.39 is 11.1 Å². The van der Waals surface area contributed by atoms with Crippen molar-refractivity contribution in [3.8, 4) is 0 Å². The molecule has 2 N–H and O–H groups in total. The zero-order chi connectivity index (χ0) is 18.1. The Balaban J connectivity index is 1.60. The highest BCUT2D eigenvalue weighted by molar-refractivity contribution is 5.97. The zero-order valence-electron chi connectivity index (χ0n) is 15.0. The van der Waals surface area contributed by atoms with Crippen molar-refractivity contribution in [3.05, 3.63) is 44.5 Å². The van der Waals surface area contributed by atoms with Crippen LogP contribution >= 0.6 is 0 Å². The second-order valence-corrected chi connectivity index (χ2v) is 7.91. The summed E-state index contributed by atoms with van der Waals surface area (Å²) in [7, 11) is 0. The fourth-order valence-corrected chi connectivity index (χ4v) is 4.70. The van der Waals surface area contributed by atoms with E-state index in [1.54, 1.807) is 18.2 Å². The molecule has 1 aliphatic carbocycles. The van der Waals surface area contributed by atoms with E-state index in [9.17, 15) is 14.4 Å². The standard InChI is InChI=1S/C20H25N3O3/c24-17-18(25)22-16-12-14(6-7-15(16)21-17)19(26)23-11-5-10-20(13-23)8-3-1-2-4-9-20/h6-7,12H,1-5,8-11,13H2,(H,21,24)(H,22,25). The Morgan fingerprint density at radius 3 is 2.27 bits per heavy atom. The zero-order valence-corrected chi connectivity index (χ0v) is 15.0. The van der Waals surface area contributed by atoms with E-state index in [2.05, 4.69) is 9.97 Å². The van der Waals surface area contributed by atoms with Gasteiger partial charge in [-0.15, -0.1) is 0 Å². The van der Waals surface area contributed by atoms with Gasteiger partial charge in [0.15, 0.2) is 0 Å². The molecule has 1 aromatic carbocycles. The molecule has 138 valence electrons. The molecule has 1 aromatic heterocycles. The minimum Gasteiger partial charge on any atom is -0.338 e. The van der Waals surface area contributed by atoms with Crippen LogP contribution in [0.4, 0.5) is 0 Å². The molecule has 0 unspecified atom stereocenters. The lowest BCUT2D eigenvalue weighted by Gasteiger charge is -2.42. The molecule has 1 aliphatic heterocycles. The number of benzene rings is 1. The van der Waals surface area contributed by atoms with E-state index >= 15 is 0 Å². The number of aromatic amines is 2. The molecule has 1 spiro atoms. The van der Waals surface area contributed by atoms with Crippen molar-refractivity contribution in [3.63, 3.8) is 0 Å². The van der Waals surface area contributed by atoms with Crippen LogP contribution in [0.25, 0.3) is 11.0 Å². The average Bonchev–Trinajstić information content (AvgIpc) is 2.87. The van der Waals surface area contributed by atoms with E-state index in [0.29, 0.717) is 22.0 Å². The smallest absolute Gasteiger partial charge is 0.314 e. The second-order valence-electron chi connectivity index (χ2n) is 7.91. The molecular formula is C20H25N3O3. The Hall–Kier alpha value is -2.37. The third-order valence-corrected chi connectivity index (χ3v) is 6.08. The van der Waals surface area contributed by atoms with Crippen LogP contribution in [0.3, 0.4) is 0 Å². The van der Waals surface area contributed by atoms with Gasteiger partial charge in [-0.3, -0.25) is 14.4 Å². The summed E-state index contributed by atoms with van der Waals surface area (Å²) in [5.41, 5.74) is 0.499. The van der Waals surface area contributed by atoms with Crippen LogP contribution in [0.15, 0.2) is 27.8 Å². The van der Waals surface area contributed by atoms with Crippen LogP contribution in [0, 0.1) is 5.41 Å². The molecule has 0 atom stereocenters. The normalized spacial score (nSPS) is 20.2. The highest BCUT2D eigenvalue weighted by atomic mass is 16.2. The van der Waals surface area contributed by atoms with Gasteiger partial charge in [-0.2, -0.15) is 0 Å². The molecule has 2 heterocycles. The van der Waals surface area contributed by atoms with Gasteiger partial charge in [0.2, 0.25) is 0 Å². The van der Waals surface area contributed by atoms with Gasteiger partial charge in [0.1, 0.15) is 0 Å². The summed E-state index contributed by atoms with van der Waals surface area (Å²) in [6.45, 7) is 1.63. The summed E-state index contributed by atoms with van der Waals surface area (Å²) >= 11 is 0. The Bertz CT molecular complexity index is 935. The average molecular weight is 355 g/mol. The molecular weight excluding hydrogens is 330 g/mol. The maximum absolute atomic E-state index is 13.1. The Morgan fingerprint density at radius 2 is 1.54 bits per heavy atom. The first kappa shape index (κ1) is 17.1. The predicted octanol–water partition coefficient (Wildman–Crippen LogP) is 2.79. The SMILES string of the molecule is O=C(c1ccc2[nH]c(=O)c(=O)[nH]c2c1)N1CCCC2(CCCCCC2)C1. The monoisotopic (exact) mass is 355 g/mol. The summed E-state index contributed by atoms with van der Waals surface area (Å²) in [5.74, 6) is 0.0160. The van der Waals surface area contributed by atoms with Gasteiger partial charge in [-0.1, -0.05) is 25.7 Å². The number of rotatable bonds is 1. The third-order valence-electron chi connectivity index (χ3n) is 6.08. The number of nitrogens with zero attached hydrogens (tertiary/aromatic N) is 1. The highest BCUT2D eigenvalue weighted by Gasteiger charge is 2.37. The maximum atomic E-state index is 13.1. The minimum absolute atomic E-state index is 0.0160. The lowest BCUT2D eigenvalue weighted by Crippen LogP contribution is -2.46. The van der Waals surface area contributed by atoms with Crippen LogP contribution in [-0.2, 0) is 0 Å². The molecule has 6 heteroatoms. The van der Waals surface area contributed by atoms with Gasteiger partial charge in [-0.25, -0.2) is 0 Å². The van der Waals surface area contributed by atoms with Crippen molar-refractivity contribution in [1.29, 1.82) is 0 Å². The van der Waals surface area contributed by atoms with Crippen molar-refractivity contribution >= 4 is 16.9 Å². The maximum Gasteiger partial charge on any atom is 0.314 e. The molecule has 1 amide bonds. The summed E-state index contributed by atoms with van der Waals surface area (Å²) in [6.07, 6.45) is 9.90. The van der Waals surface area contributed by atoms with E-state index in [-0.39, 0.29) is 5.91 Å². The number of amides is 1. The summed E-state index contributed by atoms with van der Waals surface area (Å²) in [5, 5.41) is 0. The van der Waals surface area contributed by atoms with Gasteiger partial charge in [-0.05, 0) is 49.3 Å². The van der Waals surface area contributed by atoms with Crippen molar-refractivity contribution < 1.29 is 4.79 Å². The number of hydrogen-bond donors (Lipinski definition) is 2. The van der Waals surface area contributed by atoms with E-state index in [4.69, 9.17) is 0 Å². The third kappa shape index (κ3) is 3.20. The number of carbonyl (C=O) groups excluding carboxylic acids is 1. The molecule has 1 saturated heterocycles. The van der Waals surface area contributed by atoms with E-state index in [1.165, 1.54) is 44.9 Å². The van der Waals surface area contributed by atoms with E-state index in [0.717, 1.165) is 19.5 Å². The molecule has 26 heavy (non-hydrogen) atoms. The highest BCUT2D eigenvalue weighted by Crippen LogP contribution is 2.42. The molecule has 2 fully saturated rings. The summed E-state index contributed by atoms with van der Waals surface area (Å²) in [4.78, 5) is 43.1. The number of aromatic nitrogens is 2. The Morgan fingerprint density at radius 1 is 0.885 bits per heavy atom. The fourth-order valence-electron chi connectivity index (χ4n) is 4.70. The van der Waals surface area contributed by atoms with Crippen LogP contribution in [0.5, 0.6) is 0 Å². The van der Waals surface area contributed by atoms with Gasteiger partial charge in [0.25, 0.3) is 5.91 Å². The van der Waals surface area contributed by atoms with E-state index in [1.807, 2.05) is 4.90 Å². The summed E-state index contributed by atoms with van der Waals surface area (Å²) in [6, 6.07) is 5.09. The van der Waals surface area contributed by atoms with Crippen molar-refractivity contribution in [2.24, 2.45) is 5.41 Å². The first-order valence-electron chi connectivity index (χ1n) is 9.62. The first-order valence-corrected chi connectivity index (χ1v) is 9.62. The van der Waals surface area contributed by atoms with Gasteiger partial charge >= 0.3 is 11.1 Å². The second kappa shape index (κ2) is 6.74. The molecule has 1 saturated carbocycles. The van der Waals surface area contributed by atoms with Crippen LogP contribution in [-0.4, -0.2) is 33.9 Å². The number of fused-ring (bicyclic) bond motifs is 1. The Labute approximate surface area is 151 Å². The fraction of sp³-hybridized carbons (Fsp3) is 0.550. The molecule has 6 nitrogen and oxygen atoms in total. The van der Waals surface area contributed by atoms with Crippen molar-refractivity contribution in [2.75, 3.05) is 13.1 Å². The molecule has 0 bridgehead atoms. The number of hydrogen-bond acceptors (Lipinski definition) is 3. The van der Waals surface area contributed by atoms with Crippen LogP contribution < -0.4 is 11.1 Å². The summed E-state index contributed by atoms with van der Waals surface area (Å²) < 4.78 is 0. The number of carbonyl (C=O) groups is 1. The quantitative estimate of drug-likeness (QED) is 0.771.